The number of alkyl halides is 2. The second kappa shape index (κ2) is 10.9. The van der Waals surface area contributed by atoms with Gasteiger partial charge in [-0.1, -0.05) is 57.3 Å². The molecule has 1 heterocycles. The standard InChI is InChI=1S/C19H20I2N2O6/c1-11-15(18(24)28-8-6-20)17(13-4-3-5-14(10-13)23(26)27)16(12(2)22-11)19(25)29-9-7-21/h3-5,10,17,22H,6-9H2,1-2H3. The van der Waals surface area contributed by atoms with Crippen molar-refractivity contribution in [1.82, 2.24) is 5.32 Å². The number of nitrogens with zero attached hydrogens (tertiary/aromatic N) is 1. The molecule has 0 spiro atoms. The largest absolute Gasteiger partial charge is 0.461 e. The molecule has 0 bridgehead atoms. The molecule has 8 nitrogen and oxygen atoms in total. The van der Waals surface area contributed by atoms with Crippen LogP contribution in [0.4, 0.5) is 5.69 Å². The van der Waals surface area contributed by atoms with Gasteiger partial charge in [0.25, 0.3) is 5.69 Å². The average Bonchev–Trinajstić information content (AvgIpc) is 2.69. The molecular weight excluding hydrogens is 606 g/mol. The van der Waals surface area contributed by atoms with Gasteiger partial charge in [0.1, 0.15) is 13.2 Å². The zero-order chi connectivity index (χ0) is 21.6. The molecule has 156 valence electrons. The molecule has 0 saturated carbocycles. The Morgan fingerprint density at radius 3 is 2.03 bits per heavy atom. The van der Waals surface area contributed by atoms with Crippen molar-refractivity contribution in [2.24, 2.45) is 0 Å². The highest BCUT2D eigenvalue weighted by atomic mass is 127. The summed E-state index contributed by atoms with van der Waals surface area (Å²) in [5.74, 6) is -1.98. The molecule has 0 fully saturated rings. The quantitative estimate of drug-likeness (QED) is 0.154. The molecule has 0 atom stereocenters. The molecule has 2 rings (SSSR count). The van der Waals surface area contributed by atoms with E-state index >= 15 is 0 Å². The van der Waals surface area contributed by atoms with Gasteiger partial charge in [-0.2, -0.15) is 0 Å². The van der Waals surface area contributed by atoms with E-state index in [1.807, 2.05) is 0 Å². The number of hydrogen-bond acceptors (Lipinski definition) is 7. The van der Waals surface area contributed by atoms with E-state index in [0.29, 0.717) is 25.8 Å². The van der Waals surface area contributed by atoms with E-state index < -0.39 is 22.8 Å². The van der Waals surface area contributed by atoms with Gasteiger partial charge in [0.15, 0.2) is 0 Å². The lowest BCUT2D eigenvalue weighted by molar-refractivity contribution is -0.384. The second-order valence-electron chi connectivity index (χ2n) is 6.14. The molecule has 10 heteroatoms. The van der Waals surface area contributed by atoms with Crippen molar-refractivity contribution in [3.05, 3.63) is 62.5 Å². The van der Waals surface area contributed by atoms with Gasteiger partial charge in [-0.15, -0.1) is 0 Å². The number of carbonyl (C=O) groups is 2. The maximum atomic E-state index is 12.8. The number of benzene rings is 1. The summed E-state index contributed by atoms with van der Waals surface area (Å²) in [4.78, 5) is 36.4. The van der Waals surface area contributed by atoms with Crippen LogP contribution in [0.3, 0.4) is 0 Å². The number of carbonyl (C=O) groups excluding carboxylic acids is 2. The van der Waals surface area contributed by atoms with Gasteiger partial charge in [-0.3, -0.25) is 10.1 Å². The van der Waals surface area contributed by atoms with Crippen LogP contribution in [0, 0.1) is 10.1 Å². The molecule has 0 radical (unpaired) electrons. The van der Waals surface area contributed by atoms with Gasteiger partial charge in [-0.05, 0) is 19.4 Å². The third kappa shape index (κ3) is 5.68. The molecule has 0 aliphatic carbocycles. The summed E-state index contributed by atoms with van der Waals surface area (Å²) in [6, 6.07) is 5.91. The van der Waals surface area contributed by atoms with Crippen molar-refractivity contribution >= 4 is 62.8 Å². The molecule has 0 saturated heterocycles. The number of nitro benzene ring substituents is 1. The van der Waals surface area contributed by atoms with Crippen LogP contribution in [-0.2, 0) is 19.1 Å². The van der Waals surface area contributed by atoms with Crippen LogP contribution in [0.25, 0.3) is 0 Å². The van der Waals surface area contributed by atoms with E-state index in [1.165, 1.54) is 18.2 Å². The lowest BCUT2D eigenvalue weighted by atomic mass is 9.80. The van der Waals surface area contributed by atoms with Crippen molar-refractivity contribution in [1.29, 1.82) is 0 Å². The lowest BCUT2D eigenvalue weighted by Crippen LogP contribution is -2.32. The first kappa shape index (κ1) is 23.6. The number of hydrogen-bond donors (Lipinski definition) is 1. The topological polar surface area (TPSA) is 108 Å². The van der Waals surface area contributed by atoms with Crippen molar-refractivity contribution in [2.75, 3.05) is 22.1 Å². The van der Waals surface area contributed by atoms with E-state index in [2.05, 4.69) is 50.5 Å². The summed E-state index contributed by atoms with van der Waals surface area (Å²) in [6.07, 6.45) is 0. The third-order valence-electron chi connectivity index (χ3n) is 4.24. The molecule has 1 aromatic carbocycles. The Labute approximate surface area is 195 Å². The number of non-ortho nitro benzene ring substituents is 1. The van der Waals surface area contributed by atoms with E-state index in [9.17, 15) is 19.7 Å². The zero-order valence-corrected chi connectivity index (χ0v) is 20.2. The Bertz CT molecular complexity index is 839. The van der Waals surface area contributed by atoms with E-state index in [1.54, 1.807) is 19.9 Å². The first-order valence-electron chi connectivity index (χ1n) is 8.70. The SMILES string of the molecule is CC1=C(C(=O)OCCI)C(c2cccc([N+](=O)[O-])c2)C(C(=O)OCCI)=C(C)N1. The number of dihydropyridines is 1. The molecule has 0 aromatic heterocycles. The minimum Gasteiger partial charge on any atom is -0.461 e. The number of nitrogens with one attached hydrogen (secondary N) is 1. The Kier molecular flexibility index (Phi) is 8.86. The molecular formula is C19H20I2N2O6. The molecule has 1 aliphatic heterocycles. The van der Waals surface area contributed by atoms with Crippen LogP contribution in [0.15, 0.2) is 46.8 Å². The van der Waals surface area contributed by atoms with Gasteiger partial charge in [0.2, 0.25) is 0 Å². The number of nitro groups is 1. The van der Waals surface area contributed by atoms with Crippen LogP contribution in [-0.4, -0.2) is 38.9 Å². The molecule has 1 N–H and O–H groups in total. The van der Waals surface area contributed by atoms with Crippen LogP contribution < -0.4 is 5.32 Å². The number of halogens is 2. The summed E-state index contributed by atoms with van der Waals surface area (Å²) in [5.41, 5.74) is 1.86. The highest BCUT2D eigenvalue weighted by molar-refractivity contribution is 14.1. The summed E-state index contributed by atoms with van der Waals surface area (Å²) >= 11 is 4.18. The predicted octanol–water partition coefficient (Wildman–Crippen LogP) is 3.79. The minimum absolute atomic E-state index is 0.128. The molecule has 0 unspecified atom stereocenters. The molecule has 0 amide bonds. The van der Waals surface area contributed by atoms with Crippen LogP contribution in [0.1, 0.15) is 25.3 Å². The minimum atomic E-state index is -0.834. The van der Waals surface area contributed by atoms with Crippen LogP contribution in [0.2, 0.25) is 0 Å². The number of allylic oxidation sites excluding steroid dienone is 2. The van der Waals surface area contributed by atoms with Gasteiger partial charge in [-0.25, -0.2) is 9.59 Å². The van der Waals surface area contributed by atoms with E-state index in [4.69, 9.17) is 9.47 Å². The fourth-order valence-corrected chi connectivity index (χ4v) is 3.54. The highest BCUT2D eigenvalue weighted by Gasteiger charge is 2.38. The van der Waals surface area contributed by atoms with E-state index in [0.717, 1.165) is 0 Å². The smallest absolute Gasteiger partial charge is 0.336 e. The van der Waals surface area contributed by atoms with Gasteiger partial charge < -0.3 is 14.8 Å². The van der Waals surface area contributed by atoms with Crippen molar-refractivity contribution in [3.8, 4) is 0 Å². The highest BCUT2D eigenvalue weighted by Crippen LogP contribution is 2.40. The van der Waals surface area contributed by atoms with Crippen molar-refractivity contribution in [3.63, 3.8) is 0 Å². The summed E-state index contributed by atoms with van der Waals surface area (Å²) in [7, 11) is 0. The number of ether oxygens (including phenoxy) is 2. The van der Waals surface area contributed by atoms with Gasteiger partial charge in [0, 0.05) is 32.4 Å². The maximum absolute atomic E-state index is 12.8. The Morgan fingerprint density at radius 2 is 1.59 bits per heavy atom. The Hall–Kier alpha value is -1.70. The van der Waals surface area contributed by atoms with Crippen LogP contribution >= 0.6 is 45.2 Å². The van der Waals surface area contributed by atoms with Crippen molar-refractivity contribution in [2.45, 2.75) is 19.8 Å². The number of esters is 2. The predicted molar refractivity (Wildman–Crippen MR) is 124 cm³/mol. The number of rotatable bonds is 8. The Balaban J connectivity index is 2.62. The first-order valence-corrected chi connectivity index (χ1v) is 11.8. The van der Waals surface area contributed by atoms with E-state index in [-0.39, 0.29) is 30.0 Å². The Morgan fingerprint density at radius 1 is 1.07 bits per heavy atom. The zero-order valence-electron chi connectivity index (χ0n) is 15.9. The molecule has 29 heavy (non-hydrogen) atoms. The maximum Gasteiger partial charge on any atom is 0.336 e. The monoisotopic (exact) mass is 626 g/mol. The third-order valence-corrected chi connectivity index (χ3v) is 5.12. The fourth-order valence-electron chi connectivity index (χ4n) is 3.10. The lowest BCUT2D eigenvalue weighted by Gasteiger charge is -2.30. The van der Waals surface area contributed by atoms with Gasteiger partial charge >= 0.3 is 11.9 Å². The first-order chi connectivity index (χ1) is 13.8. The van der Waals surface area contributed by atoms with Crippen molar-refractivity contribution < 1.29 is 24.0 Å². The summed E-state index contributed by atoms with van der Waals surface area (Å²) in [6.45, 7) is 3.85. The average molecular weight is 626 g/mol. The molecule has 1 aliphatic rings. The normalized spacial score (nSPS) is 14.5. The fraction of sp³-hybridized carbons (Fsp3) is 0.368. The van der Waals surface area contributed by atoms with Crippen LogP contribution in [0.5, 0.6) is 0 Å². The summed E-state index contributed by atoms with van der Waals surface area (Å²) in [5, 5.41) is 14.3. The second-order valence-corrected chi connectivity index (χ2v) is 8.29. The molecule has 1 aromatic rings. The summed E-state index contributed by atoms with van der Waals surface area (Å²) < 4.78 is 11.9. The van der Waals surface area contributed by atoms with Gasteiger partial charge in [0.05, 0.1) is 22.0 Å².